The second kappa shape index (κ2) is 10.5. The lowest BCUT2D eigenvalue weighted by molar-refractivity contribution is 0.302. The summed E-state index contributed by atoms with van der Waals surface area (Å²) in [6.07, 6.45) is 0.879. The van der Waals surface area contributed by atoms with Crippen LogP contribution in [0.3, 0.4) is 0 Å². The molecule has 0 amide bonds. The fraction of sp³-hybridized carbons (Fsp3) is 0.412. The minimum absolute atomic E-state index is 0.161. The molecule has 0 bridgehead atoms. The minimum atomic E-state index is -0.706. The third-order valence-electron chi connectivity index (χ3n) is 3.44. The topological polar surface area (TPSA) is 52.0 Å². The van der Waals surface area contributed by atoms with Gasteiger partial charge < -0.3 is 15.5 Å². The van der Waals surface area contributed by atoms with E-state index in [1.165, 1.54) is 6.07 Å². The van der Waals surface area contributed by atoms with Gasteiger partial charge in [-0.1, -0.05) is 26.5 Å². The smallest absolute Gasteiger partial charge is 0.222 e. The highest BCUT2D eigenvalue weighted by atomic mass is 19.1. The molecule has 24 heavy (non-hydrogen) atoms. The van der Waals surface area contributed by atoms with Crippen molar-refractivity contribution in [2.24, 2.45) is 9.98 Å². The second-order valence-corrected chi connectivity index (χ2v) is 5.07. The molecule has 0 aliphatic rings. The molecule has 0 saturated carbocycles. The van der Waals surface area contributed by atoms with E-state index < -0.39 is 11.6 Å². The van der Waals surface area contributed by atoms with E-state index in [4.69, 9.17) is 0 Å². The molecule has 2 N–H and O–H groups in total. The zero-order valence-electron chi connectivity index (χ0n) is 14.3. The van der Waals surface area contributed by atoms with Gasteiger partial charge in [0.05, 0.1) is 0 Å². The number of halogens is 2. The molecule has 5 nitrogen and oxygen atoms in total. The van der Waals surface area contributed by atoms with Gasteiger partial charge in [0.25, 0.3) is 0 Å². The van der Waals surface area contributed by atoms with Gasteiger partial charge in [0.15, 0.2) is 0 Å². The van der Waals surface area contributed by atoms with Crippen molar-refractivity contribution < 1.29 is 8.78 Å². The van der Waals surface area contributed by atoms with Gasteiger partial charge in [0.2, 0.25) is 5.96 Å². The molecule has 1 aromatic carbocycles. The van der Waals surface area contributed by atoms with Crippen molar-refractivity contribution in [3.8, 4) is 0 Å². The van der Waals surface area contributed by atoms with Gasteiger partial charge in [-0.3, -0.25) is 4.99 Å². The summed E-state index contributed by atoms with van der Waals surface area (Å²) in [6.45, 7) is 14.8. The van der Waals surface area contributed by atoms with Crippen LogP contribution in [0.1, 0.15) is 20.3 Å². The average Bonchev–Trinajstić information content (AvgIpc) is 2.57. The van der Waals surface area contributed by atoms with Crippen molar-refractivity contribution in [1.29, 1.82) is 0 Å². The molecule has 7 heteroatoms. The van der Waals surface area contributed by atoms with Crippen LogP contribution in [0.4, 0.5) is 14.5 Å². The Morgan fingerprint density at radius 1 is 1.21 bits per heavy atom. The second-order valence-electron chi connectivity index (χ2n) is 5.07. The molecule has 0 aromatic heterocycles. The van der Waals surface area contributed by atoms with E-state index in [0.717, 1.165) is 38.2 Å². The lowest BCUT2D eigenvalue weighted by Crippen LogP contribution is -2.26. The van der Waals surface area contributed by atoms with Crippen LogP contribution in [0.15, 0.2) is 40.6 Å². The predicted octanol–water partition coefficient (Wildman–Crippen LogP) is 3.23. The zero-order valence-corrected chi connectivity index (χ0v) is 14.3. The van der Waals surface area contributed by atoms with Crippen LogP contribution < -0.4 is 10.6 Å². The number of hydrogen-bond donors (Lipinski definition) is 2. The first-order valence-electron chi connectivity index (χ1n) is 7.92. The van der Waals surface area contributed by atoms with Crippen molar-refractivity contribution in [3.63, 3.8) is 0 Å². The van der Waals surface area contributed by atoms with Gasteiger partial charge in [0.1, 0.15) is 23.1 Å². The lowest BCUT2D eigenvalue weighted by Gasteiger charge is -2.17. The van der Waals surface area contributed by atoms with E-state index in [0.29, 0.717) is 6.54 Å². The number of hydrogen-bond acceptors (Lipinski definition) is 3. The van der Waals surface area contributed by atoms with Crippen LogP contribution >= 0.6 is 0 Å². The lowest BCUT2D eigenvalue weighted by atomic mass is 10.3. The van der Waals surface area contributed by atoms with Gasteiger partial charge in [-0.25, -0.2) is 13.8 Å². The first kappa shape index (κ1) is 19.8. The van der Waals surface area contributed by atoms with Crippen LogP contribution in [0.5, 0.6) is 0 Å². The van der Waals surface area contributed by atoms with Crippen molar-refractivity contribution in [2.75, 3.05) is 31.5 Å². The first-order valence-corrected chi connectivity index (χ1v) is 7.92. The highest BCUT2D eigenvalue weighted by molar-refractivity contribution is 5.85. The van der Waals surface area contributed by atoms with Crippen molar-refractivity contribution in [3.05, 3.63) is 42.2 Å². The molecular weight excluding hydrogens is 312 g/mol. The Morgan fingerprint density at radius 2 is 1.83 bits per heavy atom. The molecule has 1 rings (SSSR count). The van der Waals surface area contributed by atoms with Crippen molar-refractivity contribution in [1.82, 2.24) is 10.2 Å². The summed E-state index contributed by atoms with van der Waals surface area (Å²) in [5.74, 6) is -0.998. The highest BCUT2D eigenvalue weighted by Gasteiger charge is 2.09. The molecule has 0 saturated heterocycles. The van der Waals surface area contributed by atoms with E-state index in [1.54, 1.807) is 0 Å². The molecule has 0 aliphatic heterocycles. The first-order chi connectivity index (χ1) is 11.5. The molecule has 0 radical (unpaired) electrons. The number of nitrogens with one attached hydrogen (secondary N) is 2. The number of rotatable bonds is 9. The maximum absolute atomic E-state index is 13.6. The Morgan fingerprint density at radius 3 is 2.38 bits per heavy atom. The Balaban J connectivity index is 2.53. The predicted molar refractivity (Wildman–Crippen MR) is 96.5 cm³/mol. The summed E-state index contributed by atoms with van der Waals surface area (Å²) in [5.41, 5.74) is -0.278. The Labute approximate surface area is 142 Å². The number of aliphatic imine (C=N–C) groups is 2. The van der Waals surface area contributed by atoms with Crippen molar-refractivity contribution >= 4 is 18.4 Å². The average molecular weight is 337 g/mol. The number of anilines is 1. The van der Waals surface area contributed by atoms with Crippen LogP contribution in [0.25, 0.3) is 0 Å². The van der Waals surface area contributed by atoms with Gasteiger partial charge in [-0.2, -0.15) is 0 Å². The van der Waals surface area contributed by atoms with E-state index in [2.05, 4.69) is 52.7 Å². The highest BCUT2D eigenvalue weighted by Crippen LogP contribution is 2.18. The molecule has 0 atom stereocenters. The summed E-state index contributed by atoms with van der Waals surface area (Å²) in [7, 11) is 0. The summed E-state index contributed by atoms with van der Waals surface area (Å²) < 4.78 is 27.2. The largest absolute Gasteiger partial charge is 0.337 e. The molecular formula is C17H25F2N5. The fourth-order valence-corrected chi connectivity index (χ4v) is 2.08. The minimum Gasteiger partial charge on any atom is -0.337 e. The molecule has 0 spiro atoms. The maximum Gasteiger partial charge on any atom is 0.222 e. The van der Waals surface area contributed by atoms with Gasteiger partial charge in [-0.15, -0.1) is 0 Å². The molecule has 132 valence electrons. The van der Waals surface area contributed by atoms with Crippen molar-refractivity contribution in [2.45, 2.75) is 20.3 Å². The zero-order chi connectivity index (χ0) is 17.9. The number of benzene rings is 1. The van der Waals surface area contributed by atoms with Crippen LogP contribution in [0.2, 0.25) is 0 Å². The number of nitrogens with zero attached hydrogens (tertiary/aromatic N) is 3. The van der Waals surface area contributed by atoms with E-state index >= 15 is 0 Å². The third kappa shape index (κ3) is 6.45. The molecule has 0 heterocycles. The Kier molecular flexibility index (Phi) is 8.64. The molecule has 0 aliphatic carbocycles. The Bertz CT molecular complexity index is 562. The van der Waals surface area contributed by atoms with Gasteiger partial charge in [0, 0.05) is 6.54 Å². The maximum atomic E-state index is 13.6. The summed E-state index contributed by atoms with van der Waals surface area (Å²) in [4.78, 5) is 10.3. The third-order valence-corrected chi connectivity index (χ3v) is 3.44. The molecule has 1 aromatic rings. The fourth-order valence-electron chi connectivity index (χ4n) is 2.08. The van der Waals surface area contributed by atoms with Crippen LogP contribution in [0, 0.1) is 11.6 Å². The normalized spacial score (nSPS) is 11.5. The van der Waals surface area contributed by atoms with E-state index in [-0.39, 0.29) is 17.5 Å². The summed E-state index contributed by atoms with van der Waals surface area (Å²) in [6, 6.07) is 3.61. The van der Waals surface area contributed by atoms with Gasteiger partial charge in [-0.05, 0) is 44.9 Å². The number of para-hydroxylation sites is 1. The molecule has 0 fully saturated rings. The van der Waals surface area contributed by atoms with Crippen LogP contribution in [-0.2, 0) is 0 Å². The SMILES string of the molecule is C=NC(=NCCCN(CC)CC)NC(=C)Nc1c(F)cccc1F. The Hall–Kier alpha value is -2.28. The quantitative estimate of drug-likeness (QED) is 0.413. The number of guanidine groups is 1. The summed E-state index contributed by atoms with van der Waals surface area (Å²) >= 11 is 0. The van der Waals surface area contributed by atoms with Gasteiger partial charge >= 0.3 is 0 Å². The van der Waals surface area contributed by atoms with E-state index in [1.807, 2.05) is 0 Å². The monoisotopic (exact) mass is 337 g/mol. The van der Waals surface area contributed by atoms with E-state index in [9.17, 15) is 8.78 Å². The summed E-state index contributed by atoms with van der Waals surface area (Å²) in [5, 5.41) is 5.29. The van der Waals surface area contributed by atoms with Crippen LogP contribution in [-0.4, -0.2) is 43.8 Å². The standard InChI is InChI=1S/C17H25F2N5/c1-5-24(6-2)12-8-11-21-17(20-4)23-13(3)22-16-14(18)9-7-10-15(16)19/h7,9-10,22H,3-6,8,11-12H2,1-2H3,(H,21,23). The molecule has 0 unspecified atom stereocenters.